The summed E-state index contributed by atoms with van der Waals surface area (Å²) in [6.07, 6.45) is -4.39. The third-order valence-corrected chi connectivity index (χ3v) is 2.62. The van der Waals surface area contributed by atoms with Gasteiger partial charge in [-0.05, 0) is 43.6 Å². The lowest BCUT2D eigenvalue weighted by Crippen LogP contribution is -2.16. The first kappa shape index (κ1) is 13.9. The Kier molecular flexibility index (Phi) is 4.43. The summed E-state index contributed by atoms with van der Waals surface area (Å²) in [5.41, 5.74) is -0.462. The Morgan fingerprint density at radius 1 is 1.35 bits per heavy atom. The van der Waals surface area contributed by atoms with E-state index in [1.807, 2.05) is 0 Å². The predicted octanol–water partition coefficient (Wildman–Crippen LogP) is 3.34. The van der Waals surface area contributed by atoms with Gasteiger partial charge >= 0.3 is 6.18 Å². The summed E-state index contributed by atoms with van der Waals surface area (Å²) in [7, 11) is 3.41. The predicted molar refractivity (Wildman–Crippen MR) is 60.3 cm³/mol. The molecule has 0 aliphatic carbocycles. The number of alkyl halides is 3. The minimum absolute atomic E-state index is 0.213. The van der Waals surface area contributed by atoms with Crippen molar-refractivity contribution in [3.05, 3.63) is 29.3 Å². The van der Waals surface area contributed by atoms with Gasteiger partial charge < -0.3 is 4.90 Å². The fraction of sp³-hybridized carbons (Fsp3) is 0.364. The van der Waals surface area contributed by atoms with E-state index >= 15 is 0 Å². The molecule has 0 amide bonds. The molecule has 92 valence electrons. The SMILES string of the molecule is CN(C)Cc1ccc(SC#N)cc1C(F)(F)F. The number of nitriles is 1. The zero-order valence-electron chi connectivity index (χ0n) is 9.38. The van der Waals surface area contributed by atoms with Gasteiger partial charge in [-0.3, -0.25) is 0 Å². The monoisotopic (exact) mass is 260 g/mol. The maximum absolute atomic E-state index is 12.8. The highest BCUT2D eigenvalue weighted by atomic mass is 32.2. The van der Waals surface area contributed by atoms with Gasteiger partial charge in [-0.25, -0.2) is 0 Å². The first-order valence-electron chi connectivity index (χ1n) is 4.75. The molecule has 17 heavy (non-hydrogen) atoms. The van der Waals surface area contributed by atoms with Crippen LogP contribution in [0.25, 0.3) is 0 Å². The van der Waals surface area contributed by atoms with Crippen molar-refractivity contribution in [3.8, 4) is 5.40 Å². The molecule has 0 bridgehead atoms. The molecule has 1 aromatic rings. The second kappa shape index (κ2) is 5.43. The Morgan fingerprint density at radius 3 is 2.47 bits per heavy atom. The van der Waals surface area contributed by atoms with Crippen LogP contribution in [0.2, 0.25) is 0 Å². The molecule has 0 radical (unpaired) electrons. The van der Waals surface area contributed by atoms with Crippen LogP contribution >= 0.6 is 11.8 Å². The summed E-state index contributed by atoms with van der Waals surface area (Å²) in [5, 5.41) is 10.2. The Labute approximate surface area is 102 Å². The highest BCUT2D eigenvalue weighted by molar-refractivity contribution is 8.03. The van der Waals surface area contributed by atoms with Crippen molar-refractivity contribution < 1.29 is 13.2 Å². The third kappa shape index (κ3) is 3.95. The molecule has 1 aromatic carbocycles. The van der Waals surface area contributed by atoms with Crippen LogP contribution < -0.4 is 0 Å². The van der Waals surface area contributed by atoms with E-state index in [9.17, 15) is 13.2 Å². The lowest BCUT2D eigenvalue weighted by molar-refractivity contribution is -0.138. The number of halogens is 3. The zero-order chi connectivity index (χ0) is 13.1. The lowest BCUT2D eigenvalue weighted by atomic mass is 10.1. The first-order valence-corrected chi connectivity index (χ1v) is 5.57. The van der Waals surface area contributed by atoms with Crippen molar-refractivity contribution in [3.63, 3.8) is 0 Å². The number of rotatable bonds is 3. The molecule has 2 nitrogen and oxygen atoms in total. The van der Waals surface area contributed by atoms with Gasteiger partial charge in [0, 0.05) is 11.4 Å². The molecule has 0 aliphatic heterocycles. The average molecular weight is 260 g/mol. The maximum Gasteiger partial charge on any atom is 0.416 e. The van der Waals surface area contributed by atoms with Crippen LogP contribution in [0.3, 0.4) is 0 Å². The van der Waals surface area contributed by atoms with Crippen LogP contribution in [0.4, 0.5) is 13.2 Å². The van der Waals surface area contributed by atoms with E-state index in [4.69, 9.17) is 5.26 Å². The molecule has 0 unspecified atom stereocenters. The Bertz CT molecular complexity index is 435. The Hall–Kier alpha value is -1.19. The summed E-state index contributed by atoms with van der Waals surface area (Å²) in [5.74, 6) is 0. The molecule has 6 heteroatoms. The van der Waals surface area contributed by atoms with Crippen molar-refractivity contribution in [1.82, 2.24) is 4.90 Å². The molecule has 0 saturated carbocycles. The molecule has 0 heterocycles. The minimum Gasteiger partial charge on any atom is -0.305 e. The first-order chi connectivity index (χ1) is 7.84. The van der Waals surface area contributed by atoms with Crippen LogP contribution in [-0.4, -0.2) is 19.0 Å². The normalized spacial score (nSPS) is 11.6. The minimum atomic E-state index is -4.39. The fourth-order valence-electron chi connectivity index (χ4n) is 1.41. The van der Waals surface area contributed by atoms with Crippen LogP contribution in [0.15, 0.2) is 23.1 Å². The molecule has 0 saturated heterocycles. The van der Waals surface area contributed by atoms with E-state index in [0.29, 0.717) is 4.90 Å². The lowest BCUT2D eigenvalue weighted by Gasteiger charge is -2.16. The molecule has 0 spiro atoms. The maximum atomic E-state index is 12.8. The van der Waals surface area contributed by atoms with Gasteiger partial charge in [0.1, 0.15) is 5.40 Å². The van der Waals surface area contributed by atoms with Gasteiger partial charge in [-0.1, -0.05) is 6.07 Å². The number of thiocyanates is 1. The van der Waals surface area contributed by atoms with E-state index in [1.165, 1.54) is 12.1 Å². The summed E-state index contributed by atoms with van der Waals surface area (Å²) in [6, 6.07) is 3.97. The summed E-state index contributed by atoms with van der Waals surface area (Å²) >= 11 is 0.725. The van der Waals surface area contributed by atoms with Crippen molar-refractivity contribution >= 4 is 11.8 Å². The largest absolute Gasteiger partial charge is 0.416 e. The van der Waals surface area contributed by atoms with E-state index in [1.54, 1.807) is 24.4 Å². The number of hydrogen-bond donors (Lipinski definition) is 0. The second-order valence-corrected chi connectivity index (χ2v) is 4.61. The Balaban J connectivity index is 3.18. The van der Waals surface area contributed by atoms with Crippen molar-refractivity contribution in [2.45, 2.75) is 17.6 Å². The van der Waals surface area contributed by atoms with Crippen LogP contribution in [-0.2, 0) is 12.7 Å². The van der Waals surface area contributed by atoms with Crippen molar-refractivity contribution in [2.24, 2.45) is 0 Å². The van der Waals surface area contributed by atoms with Gasteiger partial charge in [-0.2, -0.15) is 18.4 Å². The van der Waals surface area contributed by atoms with Crippen LogP contribution in [0, 0.1) is 10.7 Å². The topological polar surface area (TPSA) is 27.0 Å². The van der Waals surface area contributed by atoms with Gasteiger partial charge in [0.2, 0.25) is 0 Å². The number of thioether (sulfide) groups is 1. The molecule has 1 rings (SSSR count). The highest BCUT2D eigenvalue weighted by Gasteiger charge is 2.33. The van der Waals surface area contributed by atoms with Crippen LogP contribution in [0.5, 0.6) is 0 Å². The van der Waals surface area contributed by atoms with Gasteiger partial charge in [0.15, 0.2) is 0 Å². The van der Waals surface area contributed by atoms with E-state index in [2.05, 4.69) is 0 Å². The summed E-state index contributed by atoms with van der Waals surface area (Å²) in [6.45, 7) is 0.215. The molecule has 0 atom stereocenters. The van der Waals surface area contributed by atoms with Gasteiger partial charge in [-0.15, -0.1) is 0 Å². The van der Waals surface area contributed by atoms with Crippen molar-refractivity contribution in [2.75, 3.05) is 14.1 Å². The molecule has 0 aromatic heterocycles. The third-order valence-electron chi connectivity index (χ3n) is 2.04. The Morgan fingerprint density at radius 2 is 2.00 bits per heavy atom. The highest BCUT2D eigenvalue weighted by Crippen LogP contribution is 2.35. The van der Waals surface area contributed by atoms with E-state index < -0.39 is 11.7 Å². The molecular formula is C11H11F3N2S. The fourth-order valence-corrected chi connectivity index (χ4v) is 1.83. The number of nitrogens with zero attached hydrogens (tertiary/aromatic N) is 2. The molecule has 0 aliphatic rings. The van der Waals surface area contributed by atoms with Gasteiger partial charge in [0.25, 0.3) is 0 Å². The van der Waals surface area contributed by atoms with E-state index in [0.717, 1.165) is 17.8 Å². The number of benzene rings is 1. The van der Waals surface area contributed by atoms with Crippen molar-refractivity contribution in [1.29, 1.82) is 5.26 Å². The standard InChI is InChI=1S/C11H11F3N2S/c1-16(2)6-8-3-4-9(17-7-15)5-10(8)11(12,13)14/h3-5H,6H2,1-2H3. The zero-order valence-corrected chi connectivity index (χ0v) is 10.2. The summed E-state index contributed by atoms with van der Waals surface area (Å²) < 4.78 is 38.4. The molecule has 0 N–H and O–H groups in total. The molecular weight excluding hydrogens is 249 g/mol. The second-order valence-electron chi connectivity index (χ2n) is 3.75. The smallest absolute Gasteiger partial charge is 0.305 e. The number of hydrogen-bond acceptors (Lipinski definition) is 3. The quantitative estimate of drug-likeness (QED) is 0.616. The molecule has 0 fully saturated rings. The van der Waals surface area contributed by atoms with Gasteiger partial charge in [0.05, 0.1) is 5.56 Å². The average Bonchev–Trinajstić information content (AvgIpc) is 2.18. The van der Waals surface area contributed by atoms with Crippen LogP contribution in [0.1, 0.15) is 11.1 Å². The van der Waals surface area contributed by atoms with E-state index in [-0.39, 0.29) is 12.1 Å². The summed E-state index contributed by atoms with van der Waals surface area (Å²) in [4.78, 5) is 1.98.